The normalized spacial score (nSPS) is 21.4. The fourth-order valence-corrected chi connectivity index (χ4v) is 9.83. The molecule has 3 nitrogen and oxygen atoms in total. The van der Waals surface area contributed by atoms with Crippen LogP contribution in [0.4, 0.5) is 28.4 Å². The van der Waals surface area contributed by atoms with Gasteiger partial charge in [-0.25, -0.2) is 0 Å². The smallest absolute Gasteiger partial charge is 0.0655 e. The van der Waals surface area contributed by atoms with Gasteiger partial charge >= 0.3 is 0 Å². The molecule has 0 spiro atoms. The van der Waals surface area contributed by atoms with E-state index in [1.54, 1.807) is 0 Å². The Kier molecular flexibility index (Phi) is 7.78. The lowest BCUT2D eigenvalue weighted by atomic mass is 9.73. The van der Waals surface area contributed by atoms with E-state index in [9.17, 15) is 0 Å². The number of rotatable bonds is 6. The van der Waals surface area contributed by atoms with Gasteiger partial charge in [-0.2, -0.15) is 0 Å². The van der Waals surface area contributed by atoms with Crippen molar-refractivity contribution in [3.05, 3.63) is 198 Å². The molecule has 3 heteroatoms. The van der Waals surface area contributed by atoms with Crippen LogP contribution in [0.5, 0.6) is 0 Å². The second kappa shape index (κ2) is 12.8. The zero-order valence-electron chi connectivity index (χ0n) is 32.1. The molecular formula is C52H47N3. The number of hydrogen-bond donors (Lipinski definition) is 1. The maximum Gasteiger partial charge on any atom is 0.0655 e. The van der Waals surface area contributed by atoms with Crippen molar-refractivity contribution in [3.63, 3.8) is 0 Å². The molecule has 0 saturated heterocycles. The summed E-state index contributed by atoms with van der Waals surface area (Å²) < 4.78 is 0. The van der Waals surface area contributed by atoms with E-state index in [2.05, 4.69) is 213 Å². The Morgan fingerprint density at radius 3 is 2.02 bits per heavy atom. The molecule has 6 aromatic carbocycles. The van der Waals surface area contributed by atoms with Crippen LogP contribution in [-0.4, -0.2) is 12.6 Å². The molecule has 0 amide bonds. The average Bonchev–Trinajstić information content (AvgIpc) is 3.62. The molecule has 0 radical (unpaired) electrons. The van der Waals surface area contributed by atoms with E-state index in [4.69, 9.17) is 0 Å². The fourth-order valence-electron chi connectivity index (χ4n) is 9.83. The lowest BCUT2D eigenvalue weighted by Crippen LogP contribution is -2.39. The lowest BCUT2D eigenvalue weighted by Gasteiger charge is -2.36. The third-order valence-electron chi connectivity index (χ3n) is 12.8. The van der Waals surface area contributed by atoms with Crippen LogP contribution in [0.1, 0.15) is 61.9 Å². The molecule has 10 rings (SSSR count). The Hall–Kier alpha value is -6.06. The number of para-hydroxylation sites is 2. The van der Waals surface area contributed by atoms with Crippen LogP contribution < -0.4 is 15.1 Å². The number of anilines is 5. The van der Waals surface area contributed by atoms with Gasteiger partial charge in [0.15, 0.2) is 0 Å². The van der Waals surface area contributed by atoms with Gasteiger partial charge < -0.3 is 15.1 Å². The number of fused-ring (bicyclic) bond motifs is 6. The predicted molar refractivity (Wildman–Crippen MR) is 232 cm³/mol. The molecule has 3 atom stereocenters. The summed E-state index contributed by atoms with van der Waals surface area (Å²) in [6, 6.07) is 54.3. The van der Waals surface area contributed by atoms with Gasteiger partial charge in [0.1, 0.15) is 0 Å². The van der Waals surface area contributed by atoms with Gasteiger partial charge in [-0.3, -0.25) is 0 Å². The molecule has 2 heterocycles. The van der Waals surface area contributed by atoms with Gasteiger partial charge in [0.2, 0.25) is 0 Å². The maximum absolute atomic E-state index is 3.47. The van der Waals surface area contributed by atoms with Gasteiger partial charge in [-0.15, -0.1) is 0 Å². The summed E-state index contributed by atoms with van der Waals surface area (Å²) in [6.07, 6.45) is 10.6. The first kappa shape index (κ1) is 33.5. The van der Waals surface area contributed by atoms with Crippen molar-refractivity contribution in [3.8, 4) is 11.1 Å². The van der Waals surface area contributed by atoms with Crippen molar-refractivity contribution in [1.29, 1.82) is 0 Å². The van der Waals surface area contributed by atoms with Crippen LogP contribution in [0.15, 0.2) is 170 Å². The average molecular weight is 714 g/mol. The van der Waals surface area contributed by atoms with E-state index in [1.807, 2.05) is 0 Å². The van der Waals surface area contributed by atoms with Gasteiger partial charge in [0.05, 0.1) is 6.04 Å². The monoisotopic (exact) mass is 713 g/mol. The number of hydrogen-bond acceptors (Lipinski definition) is 3. The molecule has 2 aliphatic carbocycles. The zero-order chi connectivity index (χ0) is 37.3. The summed E-state index contributed by atoms with van der Waals surface area (Å²) in [5, 5.41) is 3.47. The van der Waals surface area contributed by atoms with Gasteiger partial charge in [-0.1, -0.05) is 130 Å². The summed E-state index contributed by atoms with van der Waals surface area (Å²) in [5.41, 5.74) is 17.7. The van der Waals surface area contributed by atoms with Crippen LogP contribution in [0.3, 0.4) is 0 Å². The van der Waals surface area contributed by atoms with E-state index >= 15 is 0 Å². The molecule has 0 fully saturated rings. The zero-order valence-corrected chi connectivity index (χ0v) is 32.1. The summed E-state index contributed by atoms with van der Waals surface area (Å²) in [7, 11) is 0. The summed E-state index contributed by atoms with van der Waals surface area (Å²) in [5.74, 6) is 0.538. The highest BCUT2D eigenvalue weighted by Crippen LogP contribution is 2.53. The van der Waals surface area contributed by atoms with Gasteiger partial charge in [-0.05, 0) is 124 Å². The number of nitrogens with one attached hydrogen (secondary N) is 1. The third-order valence-corrected chi connectivity index (χ3v) is 12.8. The minimum absolute atomic E-state index is 0.0827. The molecule has 0 bridgehead atoms. The van der Waals surface area contributed by atoms with Crippen LogP contribution in [0.2, 0.25) is 0 Å². The Balaban J connectivity index is 1.03. The second-order valence-electron chi connectivity index (χ2n) is 16.5. The summed E-state index contributed by atoms with van der Waals surface area (Å²) in [6.45, 7) is 10.5. The van der Waals surface area contributed by atoms with Crippen molar-refractivity contribution in [2.24, 2.45) is 5.92 Å². The first-order chi connectivity index (χ1) is 26.8. The highest BCUT2D eigenvalue weighted by atomic mass is 15.2. The number of allylic oxidation sites excluding steroid dienone is 3. The molecule has 3 unspecified atom stereocenters. The quantitative estimate of drug-likeness (QED) is 0.185. The molecule has 55 heavy (non-hydrogen) atoms. The molecule has 2 aliphatic heterocycles. The summed E-state index contributed by atoms with van der Waals surface area (Å²) in [4.78, 5) is 4.93. The van der Waals surface area contributed by atoms with E-state index in [0.717, 1.165) is 24.3 Å². The minimum atomic E-state index is -0.168. The Labute approximate surface area is 326 Å². The van der Waals surface area contributed by atoms with Crippen molar-refractivity contribution < 1.29 is 0 Å². The van der Waals surface area contributed by atoms with E-state index in [1.165, 1.54) is 67.2 Å². The number of nitrogens with zero attached hydrogens (tertiary/aromatic N) is 2. The number of benzene rings is 6. The SMILES string of the molecule is CC1CCNC=C1c1ccc(N(c2ccc(C3=CC4(C)c5ccccc5N(c5ccccc5)C4C=C3)cc2)c2ccc3c(c2)C(C)(C)c2ccccc2-3)cc1. The third kappa shape index (κ3) is 5.32. The molecule has 0 saturated carbocycles. The topological polar surface area (TPSA) is 18.5 Å². The molecule has 4 aliphatic rings. The summed E-state index contributed by atoms with van der Waals surface area (Å²) >= 11 is 0. The lowest BCUT2D eigenvalue weighted by molar-refractivity contribution is 0.553. The van der Waals surface area contributed by atoms with Crippen LogP contribution in [0.25, 0.3) is 22.3 Å². The molecule has 1 N–H and O–H groups in total. The molecule has 270 valence electrons. The predicted octanol–water partition coefficient (Wildman–Crippen LogP) is 12.9. The van der Waals surface area contributed by atoms with Crippen LogP contribution in [0, 0.1) is 5.92 Å². The first-order valence-corrected chi connectivity index (χ1v) is 19.8. The molecule has 6 aromatic rings. The highest BCUT2D eigenvalue weighted by molar-refractivity contribution is 5.88. The van der Waals surface area contributed by atoms with Crippen molar-refractivity contribution in [2.75, 3.05) is 16.3 Å². The van der Waals surface area contributed by atoms with Gasteiger partial charge in [0.25, 0.3) is 0 Å². The first-order valence-electron chi connectivity index (χ1n) is 19.8. The Morgan fingerprint density at radius 2 is 1.27 bits per heavy atom. The van der Waals surface area contributed by atoms with Gasteiger partial charge in [0, 0.05) is 52.0 Å². The van der Waals surface area contributed by atoms with E-state index in [0.29, 0.717) is 5.92 Å². The Bertz CT molecular complexity index is 2520. The standard InChI is InChI=1S/C52H47N3/c1-35-30-31-53-34-45(35)37-20-25-41(26-21-37)54(42-27-28-44-43-14-8-9-15-46(43)51(2,3)48(44)32-42)40-23-18-36(19-24-40)38-22-29-50-52(4,33-38)47-16-10-11-17-49(47)55(50)39-12-6-5-7-13-39/h5-29,32-35,50,53H,30-31H2,1-4H3. The fraction of sp³-hybridized carbons (Fsp3) is 0.192. The van der Waals surface area contributed by atoms with Crippen LogP contribution >= 0.6 is 0 Å². The largest absolute Gasteiger partial charge is 0.391 e. The van der Waals surface area contributed by atoms with E-state index in [-0.39, 0.29) is 16.9 Å². The van der Waals surface area contributed by atoms with Crippen molar-refractivity contribution in [2.45, 2.75) is 51.0 Å². The van der Waals surface area contributed by atoms with Crippen molar-refractivity contribution in [1.82, 2.24) is 5.32 Å². The van der Waals surface area contributed by atoms with E-state index < -0.39 is 0 Å². The minimum Gasteiger partial charge on any atom is -0.391 e. The highest BCUT2D eigenvalue weighted by Gasteiger charge is 2.47. The molecule has 0 aromatic heterocycles. The van der Waals surface area contributed by atoms with Crippen LogP contribution in [-0.2, 0) is 10.8 Å². The maximum atomic E-state index is 3.47. The molecular weight excluding hydrogens is 667 g/mol. The second-order valence-corrected chi connectivity index (χ2v) is 16.5. The van der Waals surface area contributed by atoms with Crippen molar-refractivity contribution >= 4 is 39.6 Å². The Morgan fingerprint density at radius 1 is 0.636 bits per heavy atom.